The number of furan rings is 1. The number of benzene rings is 1. The predicted octanol–water partition coefficient (Wildman–Crippen LogP) is 3.93. The second-order valence-corrected chi connectivity index (χ2v) is 7.55. The van der Waals surface area contributed by atoms with Crippen LogP contribution in [0.25, 0.3) is 0 Å². The summed E-state index contributed by atoms with van der Waals surface area (Å²) < 4.78 is 23.0. The quantitative estimate of drug-likeness (QED) is 0.458. The lowest BCUT2D eigenvalue weighted by Gasteiger charge is -2.02. The summed E-state index contributed by atoms with van der Waals surface area (Å²) in [5.74, 6) is 0.167. The minimum atomic E-state index is -0.449. The fourth-order valence-electron chi connectivity index (χ4n) is 2.93. The van der Waals surface area contributed by atoms with Crippen molar-refractivity contribution in [3.63, 3.8) is 0 Å². The molecular formula is C20H18BrFN6O2. The van der Waals surface area contributed by atoms with E-state index in [1.165, 1.54) is 18.5 Å². The van der Waals surface area contributed by atoms with Gasteiger partial charge in [0.2, 0.25) is 5.95 Å². The molecule has 0 saturated carbocycles. The number of rotatable bonds is 6. The number of aryl methyl sites for hydroxylation is 1. The molecule has 0 bridgehead atoms. The predicted molar refractivity (Wildman–Crippen MR) is 111 cm³/mol. The Morgan fingerprint density at radius 2 is 1.90 bits per heavy atom. The smallest absolute Gasteiger partial charge is 0.293 e. The Balaban J connectivity index is 1.39. The molecule has 1 amide bonds. The van der Waals surface area contributed by atoms with Gasteiger partial charge in [0.1, 0.15) is 17.9 Å². The highest BCUT2D eigenvalue weighted by Gasteiger charge is 2.16. The van der Waals surface area contributed by atoms with E-state index in [4.69, 9.17) is 4.42 Å². The van der Waals surface area contributed by atoms with Crippen LogP contribution in [-0.4, -0.2) is 30.5 Å². The molecule has 0 unspecified atom stereocenters. The van der Waals surface area contributed by atoms with Crippen LogP contribution in [0.5, 0.6) is 0 Å². The molecule has 0 aliphatic carbocycles. The molecule has 10 heteroatoms. The average Bonchev–Trinajstić information content (AvgIpc) is 3.42. The van der Waals surface area contributed by atoms with E-state index in [0.717, 1.165) is 21.4 Å². The number of nitrogens with zero attached hydrogens (tertiary/aromatic N) is 5. The summed E-state index contributed by atoms with van der Waals surface area (Å²) in [5.41, 5.74) is 2.73. The van der Waals surface area contributed by atoms with Crippen molar-refractivity contribution in [2.45, 2.75) is 26.9 Å². The van der Waals surface area contributed by atoms with Crippen molar-refractivity contribution in [3.05, 3.63) is 81.5 Å². The van der Waals surface area contributed by atoms with Crippen LogP contribution in [0.3, 0.4) is 0 Å². The maximum atomic E-state index is 13.0. The lowest BCUT2D eigenvalue weighted by molar-refractivity contribution is 0.0993. The second kappa shape index (κ2) is 8.23. The number of carbonyl (C=O) groups is 1. The van der Waals surface area contributed by atoms with E-state index >= 15 is 0 Å². The largest absolute Gasteiger partial charge is 0.454 e. The number of aromatic nitrogens is 5. The van der Waals surface area contributed by atoms with E-state index < -0.39 is 5.91 Å². The van der Waals surface area contributed by atoms with Crippen LogP contribution >= 0.6 is 15.9 Å². The van der Waals surface area contributed by atoms with Crippen molar-refractivity contribution in [2.24, 2.45) is 0 Å². The molecule has 0 spiro atoms. The number of amides is 1. The Kier molecular flexibility index (Phi) is 5.49. The van der Waals surface area contributed by atoms with Gasteiger partial charge in [0.15, 0.2) is 5.76 Å². The second-order valence-electron chi connectivity index (χ2n) is 6.75. The molecule has 154 valence electrons. The Bertz CT molecular complexity index is 1190. The normalized spacial score (nSPS) is 11.1. The van der Waals surface area contributed by atoms with Gasteiger partial charge in [-0.15, -0.1) is 5.10 Å². The first-order chi connectivity index (χ1) is 14.4. The molecule has 3 heterocycles. The molecule has 4 aromatic rings. The third kappa shape index (κ3) is 4.33. The van der Waals surface area contributed by atoms with E-state index in [1.807, 2.05) is 13.8 Å². The summed E-state index contributed by atoms with van der Waals surface area (Å²) in [7, 11) is 0. The van der Waals surface area contributed by atoms with Gasteiger partial charge in [0, 0.05) is 0 Å². The van der Waals surface area contributed by atoms with Gasteiger partial charge < -0.3 is 4.42 Å². The highest BCUT2D eigenvalue weighted by Crippen LogP contribution is 2.21. The van der Waals surface area contributed by atoms with Crippen LogP contribution in [0.15, 0.2) is 51.6 Å². The molecule has 0 atom stereocenters. The summed E-state index contributed by atoms with van der Waals surface area (Å²) in [6.07, 6.45) is 1.49. The zero-order chi connectivity index (χ0) is 21.3. The molecule has 0 aliphatic rings. The first-order valence-electron chi connectivity index (χ1n) is 9.12. The summed E-state index contributed by atoms with van der Waals surface area (Å²) in [4.78, 5) is 16.5. The number of anilines is 1. The van der Waals surface area contributed by atoms with Crippen LogP contribution in [-0.2, 0) is 13.1 Å². The fourth-order valence-corrected chi connectivity index (χ4v) is 3.21. The first kappa shape index (κ1) is 20.0. The molecule has 3 aromatic heterocycles. The van der Waals surface area contributed by atoms with Gasteiger partial charge in [-0.05, 0) is 59.6 Å². The summed E-state index contributed by atoms with van der Waals surface area (Å²) in [6, 6.07) is 9.44. The summed E-state index contributed by atoms with van der Waals surface area (Å²) in [6.45, 7) is 4.69. The van der Waals surface area contributed by atoms with E-state index in [9.17, 15) is 9.18 Å². The lowest BCUT2D eigenvalue weighted by atomic mass is 10.2. The van der Waals surface area contributed by atoms with Gasteiger partial charge in [-0.25, -0.2) is 14.1 Å². The molecule has 8 nitrogen and oxygen atoms in total. The standard InChI is InChI=1S/C20H18BrFN6O2/c1-12-18(21)13(2)28(25-12)10-16-7-8-17(30-16)19(29)24-20-23-11-27(26-20)9-14-3-5-15(22)6-4-14/h3-8,11H,9-10H2,1-2H3,(H,24,26,29). The molecule has 0 saturated heterocycles. The maximum Gasteiger partial charge on any atom is 0.293 e. The van der Waals surface area contributed by atoms with Gasteiger partial charge in [0.05, 0.1) is 29.0 Å². The fraction of sp³-hybridized carbons (Fsp3) is 0.200. The van der Waals surface area contributed by atoms with Gasteiger partial charge in [0.25, 0.3) is 5.91 Å². The molecule has 4 rings (SSSR count). The lowest BCUT2D eigenvalue weighted by Crippen LogP contribution is -2.12. The first-order valence-corrected chi connectivity index (χ1v) is 9.92. The Morgan fingerprint density at radius 3 is 2.60 bits per heavy atom. The van der Waals surface area contributed by atoms with Crippen LogP contribution in [0.4, 0.5) is 10.3 Å². The zero-order valence-corrected chi connectivity index (χ0v) is 17.9. The third-order valence-electron chi connectivity index (χ3n) is 4.50. The van der Waals surface area contributed by atoms with E-state index in [1.54, 1.807) is 33.6 Å². The number of hydrogen-bond acceptors (Lipinski definition) is 5. The minimum Gasteiger partial charge on any atom is -0.454 e. The monoisotopic (exact) mass is 472 g/mol. The van der Waals surface area contributed by atoms with Crippen LogP contribution in [0.2, 0.25) is 0 Å². The van der Waals surface area contributed by atoms with Crippen molar-refractivity contribution in [3.8, 4) is 0 Å². The van der Waals surface area contributed by atoms with Gasteiger partial charge in [-0.3, -0.25) is 14.8 Å². The summed E-state index contributed by atoms with van der Waals surface area (Å²) in [5, 5.41) is 11.3. The highest BCUT2D eigenvalue weighted by atomic mass is 79.9. The minimum absolute atomic E-state index is 0.153. The number of nitrogens with one attached hydrogen (secondary N) is 1. The number of carbonyl (C=O) groups excluding carboxylic acids is 1. The highest BCUT2D eigenvalue weighted by molar-refractivity contribution is 9.10. The SMILES string of the molecule is Cc1nn(Cc2ccc(C(=O)Nc3ncn(Cc4ccc(F)cc4)n3)o2)c(C)c1Br. The van der Waals surface area contributed by atoms with Crippen LogP contribution in [0.1, 0.15) is 33.3 Å². The van der Waals surface area contributed by atoms with Crippen LogP contribution < -0.4 is 5.32 Å². The molecular weight excluding hydrogens is 455 g/mol. The van der Waals surface area contributed by atoms with E-state index in [2.05, 4.69) is 36.4 Å². The summed E-state index contributed by atoms with van der Waals surface area (Å²) >= 11 is 3.49. The Morgan fingerprint density at radius 1 is 1.13 bits per heavy atom. The topological polar surface area (TPSA) is 90.8 Å². The van der Waals surface area contributed by atoms with Crippen molar-refractivity contribution in [1.82, 2.24) is 24.5 Å². The third-order valence-corrected chi connectivity index (χ3v) is 5.65. The van der Waals surface area contributed by atoms with E-state index in [0.29, 0.717) is 18.8 Å². The van der Waals surface area contributed by atoms with Crippen molar-refractivity contribution >= 4 is 27.8 Å². The van der Waals surface area contributed by atoms with Crippen molar-refractivity contribution < 1.29 is 13.6 Å². The van der Waals surface area contributed by atoms with Crippen molar-refractivity contribution in [2.75, 3.05) is 5.32 Å². The van der Waals surface area contributed by atoms with E-state index in [-0.39, 0.29) is 17.5 Å². The average molecular weight is 473 g/mol. The van der Waals surface area contributed by atoms with Crippen LogP contribution in [0, 0.1) is 19.7 Å². The Labute approximate surface area is 179 Å². The molecule has 0 fully saturated rings. The molecule has 30 heavy (non-hydrogen) atoms. The molecule has 1 aromatic carbocycles. The maximum absolute atomic E-state index is 13.0. The Hall–Kier alpha value is -3.27. The number of hydrogen-bond donors (Lipinski definition) is 1. The number of halogens is 2. The molecule has 1 N–H and O–H groups in total. The van der Waals surface area contributed by atoms with Gasteiger partial charge in [-0.1, -0.05) is 12.1 Å². The molecule has 0 aliphatic heterocycles. The molecule has 0 radical (unpaired) electrons. The van der Waals surface area contributed by atoms with Gasteiger partial charge in [-0.2, -0.15) is 5.10 Å². The zero-order valence-electron chi connectivity index (χ0n) is 16.3. The van der Waals surface area contributed by atoms with Crippen molar-refractivity contribution in [1.29, 1.82) is 0 Å². The van der Waals surface area contributed by atoms with Gasteiger partial charge >= 0.3 is 0 Å².